The SMILES string of the molecule is COC(=O)C1=C(O)CCN(CC2CCc3ccc(OC)cc32)C1. The zero-order chi connectivity index (χ0) is 16.4. The molecule has 0 saturated heterocycles. The number of nitrogens with zero attached hydrogens (tertiary/aromatic N) is 1. The monoisotopic (exact) mass is 317 g/mol. The van der Waals surface area contributed by atoms with Crippen LogP contribution in [0.5, 0.6) is 5.75 Å². The zero-order valence-electron chi connectivity index (χ0n) is 13.7. The van der Waals surface area contributed by atoms with Crippen LogP contribution in [-0.4, -0.2) is 49.8 Å². The van der Waals surface area contributed by atoms with E-state index in [1.807, 2.05) is 6.07 Å². The number of hydrogen-bond donors (Lipinski definition) is 1. The van der Waals surface area contributed by atoms with E-state index >= 15 is 0 Å². The lowest BCUT2D eigenvalue weighted by Crippen LogP contribution is -2.37. The molecule has 0 spiro atoms. The van der Waals surface area contributed by atoms with Crippen molar-refractivity contribution in [3.63, 3.8) is 0 Å². The van der Waals surface area contributed by atoms with Gasteiger partial charge in [-0.05, 0) is 42.0 Å². The van der Waals surface area contributed by atoms with E-state index in [-0.39, 0.29) is 5.76 Å². The summed E-state index contributed by atoms with van der Waals surface area (Å²) in [6, 6.07) is 6.29. The Morgan fingerprint density at radius 2 is 2.17 bits per heavy atom. The fraction of sp³-hybridized carbons (Fsp3) is 0.500. The Kier molecular flexibility index (Phi) is 4.57. The number of hydrogen-bond acceptors (Lipinski definition) is 5. The molecule has 124 valence electrons. The number of carbonyl (C=O) groups excluding carboxylic acids is 1. The zero-order valence-corrected chi connectivity index (χ0v) is 13.7. The Morgan fingerprint density at radius 3 is 2.91 bits per heavy atom. The first-order chi connectivity index (χ1) is 11.1. The van der Waals surface area contributed by atoms with Crippen molar-refractivity contribution in [1.29, 1.82) is 0 Å². The summed E-state index contributed by atoms with van der Waals surface area (Å²) in [5.74, 6) is 1.07. The van der Waals surface area contributed by atoms with Crippen LogP contribution in [0.1, 0.15) is 29.9 Å². The number of aliphatic hydroxyl groups excluding tert-OH is 1. The van der Waals surface area contributed by atoms with E-state index in [1.54, 1.807) is 7.11 Å². The van der Waals surface area contributed by atoms with Crippen LogP contribution in [0.4, 0.5) is 0 Å². The van der Waals surface area contributed by atoms with Crippen molar-refractivity contribution in [1.82, 2.24) is 4.90 Å². The van der Waals surface area contributed by atoms with Gasteiger partial charge >= 0.3 is 5.97 Å². The second-order valence-electron chi connectivity index (χ2n) is 6.20. The summed E-state index contributed by atoms with van der Waals surface area (Å²) in [4.78, 5) is 14.0. The number of aryl methyl sites for hydroxylation is 1. The molecule has 1 unspecified atom stereocenters. The maximum atomic E-state index is 11.8. The molecular formula is C18H23NO4. The maximum absolute atomic E-state index is 11.8. The third-order valence-electron chi connectivity index (χ3n) is 4.86. The summed E-state index contributed by atoms with van der Waals surface area (Å²) >= 11 is 0. The smallest absolute Gasteiger partial charge is 0.338 e. The van der Waals surface area contributed by atoms with Crippen molar-refractivity contribution in [3.05, 3.63) is 40.7 Å². The van der Waals surface area contributed by atoms with Gasteiger partial charge in [0.1, 0.15) is 11.5 Å². The van der Waals surface area contributed by atoms with Gasteiger partial charge in [-0.15, -0.1) is 0 Å². The molecule has 1 aromatic rings. The number of methoxy groups -OCH3 is 2. The molecule has 2 aliphatic rings. The predicted octanol–water partition coefficient (Wildman–Crippen LogP) is 2.42. The van der Waals surface area contributed by atoms with Gasteiger partial charge in [0, 0.05) is 26.1 Å². The molecule has 1 atom stereocenters. The highest BCUT2D eigenvalue weighted by molar-refractivity contribution is 5.89. The number of carbonyl (C=O) groups is 1. The van der Waals surface area contributed by atoms with Gasteiger partial charge < -0.3 is 14.6 Å². The highest BCUT2D eigenvalue weighted by Crippen LogP contribution is 2.36. The van der Waals surface area contributed by atoms with Gasteiger partial charge in [-0.1, -0.05) is 6.07 Å². The van der Waals surface area contributed by atoms with Gasteiger partial charge in [-0.2, -0.15) is 0 Å². The molecule has 1 N–H and O–H groups in total. The van der Waals surface area contributed by atoms with Gasteiger partial charge in [-0.3, -0.25) is 4.90 Å². The molecule has 3 rings (SSSR count). The van der Waals surface area contributed by atoms with Gasteiger partial charge in [0.25, 0.3) is 0 Å². The summed E-state index contributed by atoms with van der Waals surface area (Å²) in [5, 5.41) is 9.91. The highest BCUT2D eigenvalue weighted by atomic mass is 16.5. The predicted molar refractivity (Wildman–Crippen MR) is 86.8 cm³/mol. The van der Waals surface area contributed by atoms with Crippen LogP contribution in [0, 0.1) is 0 Å². The lowest BCUT2D eigenvalue weighted by atomic mass is 9.98. The summed E-state index contributed by atoms with van der Waals surface area (Å²) in [6.45, 7) is 2.10. The van der Waals surface area contributed by atoms with Gasteiger partial charge in [0.15, 0.2) is 0 Å². The molecule has 0 fully saturated rings. The van der Waals surface area contributed by atoms with Crippen LogP contribution in [0.25, 0.3) is 0 Å². The van der Waals surface area contributed by atoms with E-state index in [2.05, 4.69) is 17.0 Å². The normalized spacial score (nSPS) is 21.2. The molecule has 1 heterocycles. The average Bonchev–Trinajstić information content (AvgIpc) is 2.98. The Bertz CT molecular complexity index is 638. The molecule has 5 nitrogen and oxygen atoms in total. The molecule has 1 aromatic carbocycles. The molecular weight excluding hydrogens is 294 g/mol. The third-order valence-corrected chi connectivity index (χ3v) is 4.86. The van der Waals surface area contributed by atoms with Crippen molar-refractivity contribution >= 4 is 5.97 Å². The number of aliphatic hydroxyl groups is 1. The molecule has 5 heteroatoms. The van der Waals surface area contributed by atoms with Gasteiger partial charge in [0.05, 0.1) is 19.8 Å². The third kappa shape index (κ3) is 3.20. The first kappa shape index (κ1) is 15.9. The van der Waals surface area contributed by atoms with Gasteiger partial charge in [-0.25, -0.2) is 4.79 Å². The Morgan fingerprint density at radius 1 is 1.35 bits per heavy atom. The molecule has 0 aromatic heterocycles. The van der Waals surface area contributed by atoms with E-state index in [0.29, 0.717) is 24.5 Å². The van der Waals surface area contributed by atoms with E-state index < -0.39 is 5.97 Å². The van der Waals surface area contributed by atoms with Crippen molar-refractivity contribution in [2.45, 2.75) is 25.2 Å². The summed E-state index contributed by atoms with van der Waals surface area (Å²) in [6.07, 6.45) is 2.70. The maximum Gasteiger partial charge on any atom is 0.338 e. The molecule has 1 aliphatic carbocycles. The molecule has 0 saturated carbocycles. The molecule has 0 radical (unpaired) electrons. The minimum atomic E-state index is -0.430. The van der Waals surface area contributed by atoms with E-state index in [1.165, 1.54) is 18.2 Å². The number of fused-ring (bicyclic) bond motifs is 1. The highest BCUT2D eigenvalue weighted by Gasteiger charge is 2.29. The lowest BCUT2D eigenvalue weighted by Gasteiger charge is -2.30. The second-order valence-corrected chi connectivity index (χ2v) is 6.20. The van der Waals surface area contributed by atoms with Crippen LogP contribution in [0.2, 0.25) is 0 Å². The number of benzene rings is 1. The van der Waals surface area contributed by atoms with Crippen molar-refractivity contribution < 1.29 is 19.4 Å². The number of rotatable bonds is 4. The van der Waals surface area contributed by atoms with Crippen LogP contribution < -0.4 is 4.74 Å². The standard InChI is InChI=1S/C18H23NO4/c1-22-14-6-5-12-3-4-13(15(12)9-14)10-19-8-7-17(20)16(11-19)18(21)23-2/h5-6,9,13,20H,3-4,7-8,10-11H2,1-2H3. The first-order valence-corrected chi connectivity index (χ1v) is 8.01. The molecule has 0 bridgehead atoms. The minimum absolute atomic E-state index is 0.168. The van der Waals surface area contributed by atoms with Crippen molar-refractivity contribution in [3.8, 4) is 5.75 Å². The van der Waals surface area contributed by atoms with E-state index in [9.17, 15) is 9.90 Å². The number of esters is 1. The van der Waals surface area contributed by atoms with Crippen LogP contribution in [0.15, 0.2) is 29.5 Å². The van der Waals surface area contributed by atoms with E-state index in [0.717, 1.165) is 31.7 Å². The van der Waals surface area contributed by atoms with Crippen molar-refractivity contribution in [2.24, 2.45) is 0 Å². The van der Waals surface area contributed by atoms with E-state index in [4.69, 9.17) is 9.47 Å². The van der Waals surface area contributed by atoms with Crippen LogP contribution >= 0.6 is 0 Å². The molecule has 1 aliphatic heterocycles. The Balaban J connectivity index is 1.72. The fourth-order valence-corrected chi connectivity index (χ4v) is 3.56. The lowest BCUT2D eigenvalue weighted by molar-refractivity contribution is -0.136. The van der Waals surface area contributed by atoms with Gasteiger partial charge in [0.2, 0.25) is 0 Å². The van der Waals surface area contributed by atoms with Crippen LogP contribution in [-0.2, 0) is 16.0 Å². The first-order valence-electron chi connectivity index (χ1n) is 8.01. The quantitative estimate of drug-likeness (QED) is 0.864. The average molecular weight is 317 g/mol. The summed E-state index contributed by atoms with van der Waals surface area (Å²) in [7, 11) is 3.04. The van der Waals surface area contributed by atoms with Crippen molar-refractivity contribution in [2.75, 3.05) is 33.9 Å². The summed E-state index contributed by atoms with van der Waals surface area (Å²) in [5.41, 5.74) is 3.13. The fourth-order valence-electron chi connectivity index (χ4n) is 3.56. The Labute approximate surface area is 136 Å². The molecule has 0 amide bonds. The van der Waals surface area contributed by atoms with Crippen LogP contribution in [0.3, 0.4) is 0 Å². The largest absolute Gasteiger partial charge is 0.512 e. The topological polar surface area (TPSA) is 59.0 Å². The number of ether oxygens (including phenoxy) is 2. The molecule has 23 heavy (non-hydrogen) atoms. The Hall–Kier alpha value is -2.01. The summed E-state index contributed by atoms with van der Waals surface area (Å²) < 4.78 is 10.1. The second kappa shape index (κ2) is 6.62. The minimum Gasteiger partial charge on any atom is -0.512 e.